The number of rotatable bonds is 7. The van der Waals surface area contributed by atoms with E-state index in [2.05, 4.69) is 10.3 Å². The molecule has 2 heterocycles. The molecule has 2 aromatic carbocycles. The first-order chi connectivity index (χ1) is 17.6. The molecule has 2 unspecified atom stereocenters. The van der Waals surface area contributed by atoms with Crippen molar-refractivity contribution in [2.75, 3.05) is 6.54 Å². The third-order valence-corrected chi connectivity index (χ3v) is 11.1. The van der Waals surface area contributed by atoms with Crippen LogP contribution < -0.4 is 5.32 Å². The van der Waals surface area contributed by atoms with Crippen molar-refractivity contribution in [3.05, 3.63) is 66.1 Å². The summed E-state index contributed by atoms with van der Waals surface area (Å²) in [5.74, 6) is -0.266. The van der Waals surface area contributed by atoms with E-state index >= 15 is 0 Å². The van der Waals surface area contributed by atoms with Gasteiger partial charge in [-0.05, 0) is 55.7 Å². The van der Waals surface area contributed by atoms with Crippen LogP contribution in [0.25, 0.3) is 11.3 Å². The van der Waals surface area contributed by atoms with Gasteiger partial charge in [0.05, 0.1) is 32.3 Å². The zero-order chi connectivity index (χ0) is 26.4. The quantitative estimate of drug-likeness (QED) is 0.463. The van der Waals surface area contributed by atoms with Gasteiger partial charge in [-0.1, -0.05) is 23.7 Å². The van der Waals surface area contributed by atoms with Gasteiger partial charge in [0.25, 0.3) is 0 Å². The molecule has 192 valence electrons. The maximum Gasteiger partial charge on any atom is 0.243 e. The second-order valence-electron chi connectivity index (χ2n) is 9.00. The summed E-state index contributed by atoms with van der Waals surface area (Å²) < 4.78 is 60.4. The molecule has 1 saturated carbocycles. The molecule has 2 aliphatic rings. The summed E-state index contributed by atoms with van der Waals surface area (Å²) in [6, 6.07) is 12.4. The van der Waals surface area contributed by atoms with E-state index in [1.807, 2.05) is 6.07 Å². The van der Waals surface area contributed by atoms with E-state index in [9.17, 15) is 26.9 Å². The van der Waals surface area contributed by atoms with Crippen LogP contribution in [0.3, 0.4) is 0 Å². The normalized spacial score (nSPS) is 21.3. The van der Waals surface area contributed by atoms with Crippen LogP contribution in [-0.2, 0) is 24.7 Å². The minimum absolute atomic E-state index is 0.00854. The van der Waals surface area contributed by atoms with Gasteiger partial charge in [-0.3, -0.25) is 4.79 Å². The average molecular weight is 561 g/mol. The lowest BCUT2D eigenvalue weighted by molar-refractivity contribution is -0.124. The highest BCUT2D eigenvalue weighted by Gasteiger charge is 2.52. The zero-order valence-electron chi connectivity index (χ0n) is 19.2. The highest BCUT2D eigenvalue weighted by atomic mass is 35.5. The molecule has 0 spiro atoms. The lowest BCUT2D eigenvalue weighted by Crippen LogP contribution is -2.49. The Morgan fingerprint density at radius 3 is 2.43 bits per heavy atom. The van der Waals surface area contributed by atoms with E-state index in [1.54, 1.807) is 6.07 Å². The van der Waals surface area contributed by atoms with E-state index in [0.29, 0.717) is 24.2 Å². The SMILES string of the molecule is N#CC1(NC(=O)C2CC(S(=O)(=O)c3ccccc3Cl)CN2S(=O)(=O)c2ccc(-c3cnco3)cc2)CC1. The van der Waals surface area contributed by atoms with Crippen molar-refractivity contribution in [1.82, 2.24) is 14.6 Å². The number of sulfonamides is 1. The van der Waals surface area contributed by atoms with Crippen LogP contribution in [0.15, 0.2) is 75.3 Å². The van der Waals surface area contributed by atoms with Crippen molar-refractivity contribution in [3.8, 4) is 17.4 Å². The molecule has 1 aliphatic heterocycles. The minimum Gasteiger partial charge on any atom is -0.444 e. The highest BCUT2D eigenvalue weighted by molar-refractivity contribution is 7.92. The Morgan fingerprint density at radius 2 is 1.84 bits per heavy atom. The molecule has 1 saturated heterocycles. The number of sulfone groups is 1. The van der Waals surface area contributed by atoms with Gasteiger partial charge >= 0.3 is 0 Å². The first kappa shape index (κ1) is 25.4. The first-order valence-electron chi connectivity index (χ1n) is 11.3. The Morgan fingerprint density at radius 1 is 1.14 bits per heavy atom. The molecule has 13 heteroatoms. The summed E-state index contributed by atoms with van der Waals surface area (Å²) in [6.45, 7) is -0.447. The molecule has 1 N–H and O–H groups in total. The molecule has 5 rings (SSSR count). The predicted octanol–water partition coefficient (Wildman–Crippen LogP) is 2.77. The van der Waals surface area contributed by atoms with Crippen LogP contribution in [0.4, 0.5) is 0 Å². The maximum absolute atomic E-state index is 13.7. The largest absolute Gasteiger partial charge is 0.444 e. The molecule has 1 amide bonds. The fourth-order valence-electron chi connectivity index (χ4n) is 4.35. The van der Waals surface area contributed by atoms with Crippen molar-refractivity contribution in [2.45, 2.75) is 45.9 Å². The number of nitrogens with one attached hydrogen (secondary N) is 1. The Labute approximate surface area is 218 Å². The molecule has 3 aromatic rings. The average Bonchev–Trinajstić information content (AvgIpc) is 3.27. The van der Waals surface area contributed by atoms with Crippen molar-refractivity contribution < 1.29 is 26.0 Å². The Bertz CT molecular complexity index is 1600. The van der Waals surface area contributed by atoms with Gasteiger partial charge in [0, 0.05) is 12.1 Å². The van der Waals surface area contributed by atoms with E-state index in [4.69, 9.17) is 16.0 Å². The van der Waals surface area contributed by atoms with Gasteiger partial charge in [0.2, 0.25) is 15.9 Å². The van der Waals surface area contributed by atoms with E-state index < -0.39 is 49.1 Å². The molecule has 1 aliphatic carbocycles. The zero-order valence-corrected chi connectivity index (χ0v) is 21.6. The van der Waals surface area contributed by atoms with Crippen LogP contribution in [0.2, 0.25) is 5.02 Å². The number of aromatic nitrogens is 1. The van der Waals surface area contributed by atoms with E-state index in [-0.39, 0.29) is 21.2 Å². The summed E-state index contributed by atoms with van der Waals surface area (Å²) >= 11 is 6.14. The molecular weight excluding hydrogens is 540 g/mol. The lowest BCUT2D eigenvalue weighted by atomic mass is 10.2. The summed E-state index contributed by atoms with van der Waals surface area (Å²) in [5, 5.41) is 10.8. The summed E-state index contributed by atoms with van der Waals surface area (Å²) in [5.41, 5.74) is -0.457. The third-order valence-electron chi connectivity index (χ3n) is 6.61. The number of nitriles is 1. The third kappa shape index (κ3) is 4.64. The lowest BCUT2D eigenvalue weighted by Gasteiger charge is -2.24. The number of oxazole rings is 1. The number of nitrogens with zero attached hydrogens (tertiary/aromatic N) is 3. The number of benzene rings is 2. The number of hydrogen-bond acceptors (Lipinski definition) is 8. The second kappa shape index (κ2) is 9.25. The molecule has 2 fully saturated rings. The second-order valence-corrected chi connectivity index (χ2v) is 13.5. The predicted molar refractivity (Wildman–Crippen MR) is 132 cm³/mol. The van der Waals surface area contributed by atoms with Gasteiger partial charge < -0.3 is 9.73 Å². The standard InChI is InChI=1S/C24H21ClN4O6S2/c25-19-3-1-2-4-22(19)36(31,32)18-11-20(23(30)28-24(14-26)9-10-24)29(13-18)37(33,34)17-7-5-16(6-8-17)21-12-27-15-35-21/h1-8,12,15,18,20H,9-11,13H2,(H,28,30). The number of hydrogen-bond donors (Lipinski definition) is 1. The molecule has 1 aromatic heterocycles. The first-order valence-corrected chi connectivity index (χ1v) is 14.7. The van der Waals surface area contributed by atoms with Gasteiger partial charge in [-0.15, -0.1) is 0 Å². The summed E-state index contributed by atoms with van der Waals surface area (Å²) in [4.78, 5) is 16.8. The van der Waals surface area contributed by atoms with Gasteiger partial charge in [-0.25, -0.2) is 21.8 Å². The molecule has 0 bridgehead atoms. The maximum atomic E-state index is 13.7. The van der Waals surface area contributed by atoms with Crippen LogP contribution in [0, 0.1) is 11.3 Å². The van der Waals surface area contributed by atoms with Gasteiger partial charge in [0.15, 0.2) is 22.0 Å². The van der Waals surface area contributed by atoms with Crippen LogP contribution >= 0.6 is 11.6 Å². The van der Waals surface area contributed by atoms with Crippen LogP contribution in [0.5, 0.6) is 0 Å². The van der Waals surface area contributed by atoms with Crippen molar-refractivity contribution in [1.29, 1.82) is 5.26 Å². The molecule has 37 heavy (non-hydrogen) atoms. The number of halogens is 1. The Balaban J connectivity index is 1.50. The van der Waals surface area contributed by atoms with Crippen molar-refractivity contribution in [2.24, 2.45) is 0 Å². The van der Waals surface area contributed by atoms with Crippen molar-refractivity contribution in [3.63, 3.8) is 0 Å². The number of amides is 1. The molecule has 2 atom stereocenters. The van der Waals surface area contributed by atoms with E-state index in [0.717, 1.165) is 4.31 Å². The summed E-state index contributed by atoms with van der Waals surface area (Å²) in [6.07, 6.45) is 3.34. The Kier molecular flexibility index (Phi) is 6.35. The highest BCUT2D eigenvalue weighted by Crippen LogP contribution is 2.38. The van der Waals surface area contributed by atoms with Crippen LogP contribution in [-0.4, -0.2) is 55.4 Å². The van der Waals surface area contributed by atoms with Crippen molar-refractivity contribution >= 4 is 37.4 Å². The smallest absolute Gasteiger partial charge is 0.243 e. The van der Waals surface area contributed by atoms with Gasteiger partial charge in [0.1, 0.15) is 11.6 Å². The fourth-order valence-corrected chi connectivity index (χ4v) is 8.30. The van der Waals surface area contributed by atoms with Crippen LogP contribution in [0.1, 0.15) is 19.3 Å². The molecule has 10 nitrogen and oxygen atoms in total. The fraction of sp³-hybridized carbons (Fsp3) is 0.292. The number of carbonyl (C=O) groups excluding carboxylic acids is 1. The minimum atomic E-state index is -4.30. The Hall–Kier alpha value is -3.24. The topological polar surface area (TPSA) is 150 Å². The monoisotopic (exact) mass is 560 g/mol. The molecule has 0 radical (unpaired) electrons. The number of carbonyl (C=O) groups is 1. The van der Waals surface area contributed by atoms with Gasteiger partial charge in [-0.2, -0.15) is 9.57 Å². The van der Waals surface area contributed by atoms with E-state index in [1.165, 1.54) is 55.1 Å². The molecular formula is C24H21ClN4O6S2. The summed E-state index contributed by atoms with van der Waals surface area (Å²) in [7, 11) is -8.38.